The van der Waals surface area contributed by atoms with E-state index in [1.165, 1.54) is 14.1 Å². The summed E-state index contributed by atoms with van der Waals surface area (Å²) in [5, 5.41) is 1.78. The van der Waals surface area contributed by atoms with E-state index < -0.39 is 15.3 Å². The van der Waals surface area contributed by atoms with Crippen molar-refractivity contribution in [3.63, 3.8) is 0 Å². The Morgan fingerprint density at radius 3 is 2.11 bits per heavy atom. The van der Waals surface area contributed by atoms with E-state index in [1.807, 2.05) is 0 Å². The van der Waals surface area contributed by atoms with Crippen molar-refractivity contribution in [3.8, 4) is 0 Å². The van der Waals surface area contributed by atoms with E-state index in [4.69, 9.17) is 4.55 Å². The van der Waals surface area contributed by atoms with E-state index in [2.05, 4.69) is 10.3 Å². The van der Waals surface area contributed by atoms with Gasteiger partial charge >= 0.3 is 10.1 Å². The van der Waals surface area contributed by atoms with Crippen LogP contribution in [0.3, 0.4) is 0 Å². The molecular weight excluding hydrogens is 144 g/mol. The minimum atomic E-state index is -4.13. The van der Waals surface area contributed by atoms with Crippen molar-refractivity contribution >= 4 is 15.3 Å². The van der Waals surface area contributed by atoms with Gasteiger partial charge in [0.25, 0.3) is 0 Å². The van der Waals surface area contributed by atoms with Gasteiger partial charge in [0.1, 0.15) is 0 Å². The summed E-state index contributed by atoms with van der Waals surface area (Å²) in [6.07, 6.45) is 0. The molecule has 0 rings (SSSR count). The Kier molecular flexibility index (Phi) is 2.60. The number of nitrogens with zero attached hydrogens (tertiary/aromatic N) is 1. The SMILES string of the molecule is C/N=C(/NC)S(=O)(=O)O. The first-order valence-electron chi connectivity index (χ1n) is 2.14. The molecule has 0 fully saturated rings. The number of rotatable bonds is 0. The van der Waals surface area contributed by atoms with E-state index in [9.17, 15) is 8.42 Å². The van der Waals surface area contributed by atoms with Crippen molar-refractivity contribution < 1.29 is 13.0 Å². The van der Waals surface area contributed by atoms with Crippen LogP contribution in [-0.2, 0) is 10.1 Å². The minimum absolute atomic E-state index is 0.428. The summed E-state index contributed by atoms with van der Waals surface area (Å²) in [5.74, 6) is 0. The molecule has 0 aliphatic heterocycles. The average molecular weight is 152 g/mol. The quantitative estimate of drug-likeness (QED) is 0.267. The van der Waals surface area contributed by atoms with E-state index in [-0.39, 0.29) is 0 Å². The lowest BCUT2D eigenvalue weighted by molar-refractivity contribution is 0.497. The Morgan fingerprint density at radius 1 is 1.67 bits per heavy atom. The Bertz CT molecular complexity index is 205. The average Bonchev–Trinajstić information content (AvgIpc) is 1.65. The molecule has 0 saturated heterocycles. The molecule has 0 amide bonds. The van der Waals surface area contributed by atoms with Gasteiger partial charge in [0, 0.05) is 14.1 Å². The van der Waals surface area contributed by atoms with Crippen LogP contribution in [-0.4, -0.2) is 32.2 Å². The molecule has 0 aromatic rings. The largest absolute Gasteiger partial charge is 0.362 e. The fourth-order valence-corrected chi connectivity index (χ4v) is 0.845. The van der Waals surface area contributed by atoms with Gasteiger partial charge in [0.05, 0.1) is 0 Å². The molecule has 0 aromatic carbocycles. The summed E-state index contributed by atoms with van der Waals surface area (Å²) in [4.78, 5) is 3.25. The standard InChI is InChI=1S/C3H8N2O3S/c1-4-3(5-2)9(6,7)8/h1-2H3,(H,4,5)(H,6,7,8). The molecular formula is C3H8N2O3S. The number of nitrogens with one attached hydrogen (secondary N) is 1. The maximum absolute atomic E-state index is 10.2. The molecule has 6 heteroatoms. The molecule has 0 bridgehead atoms. The van der Waals surface area contributed by atoms with Gasteiger partial charge in [0.15, 0.2) is 0 Å². The highest BCUT2D eigenvalue weighted by atomic mass is 32.2. The van der Waals surface area contributed by atoms with Crippen LogP contribution in [0.25, 0.3) is 0 Å². The van der Waals surface area contributed by atoms with E-state index >= 15 is 0 Å². The van der Waals surface area contributed by atoms with Crippen molar-refractivity contribution in [1.29, 1.82) is 0 Å². The monoisotopic (exact) mass is 152 g/mol. The number of hydrogen-bond donors (Lipinski definition) is 2. The van der Waals surface area contributed by atoms with Crippen molar-refractivity contribution in [2.45, 2.75) is 0 Å². The third-order valence-corrected chi connectivity index (χ3v) is 1.54. The molecule has 0 atom stereocenters. The maximum Gasteiger partial charge on any atom is 0.327 e. The first-order valence-corrected chi connectivity index (χ1v) is 3.58. The molecule has 9 heavy (non-hydrogen) atoms. The molecule has 0 aliphatic rings. The summed E-state index contributed by atoms with van der Waals surface area (Å²) in [6.45, 7) is 0. The van der Waals surface area contributed by atoms with Crippen LogP contribution in [0.15, 0.2) is 4.99 Å². The van der Waals surface area contributed by atoms with E-state index in [0.717, 1.165) is 0 Å². The third-order valence-electron chi connectivity index (χ3n) is 0.661. The Balaban J connectivity index is 4.56. The topological polar surface area (TPSA) is 78.8 Å². The molecule has 0 aliphatic carbocycles. The van der Waals surface area contributed by atoms with Crippen LogP contribution < -0.4 is 5.32 Å². The summed E-state index contributed by atoms with van der Waals surface area (Å²) in [7, 11) is -1.51. The van der Waals surface area contributed by atoms with Gasteiger partial charge in [-0.2, -0.15) is 8.42 Å². The third kappa shape index (κ3) is 2.43. The van der Waals surface area contributed by atoms with E-state index in [1.54, 1.807) is 0 Å². The lowest BCUT2D eigenvalue weighted by atomic mass is 11.1. The maximum atomic E-state index is 10.2. The molecule has 0 unspecified atom stereocenters. The molecule has 0 radical (unpaired) electrons. The Morgan fingerprint density at radius 2 is 2.11 bits per heavy atom. The summed E-state index contributed by atoms with van der Waals surface area (Å²) < 4.78 is 28.6. The number of amidine groups is 1. The summed E-state index contributed by atoms with van der Waals surface area (Å²) in [6, 6.07) is 0. The van der Waals surface area contributed by atoms with Crippen molar-refractivity contribution in [2.75, 3.05) is 14.1 Å². The Hall–Kier alpha value is -0.620. The van der Waals surface area contributed by atoms with Crippen LogP contribution in [0.5, 0.6) is 0 Å². The molecule has 5 nitrogen and oxygen atoms in total. The summed E-state index contributed by atoms with van der Waals surface area (Å²) >= 11 is 0. The fraction of sp³-hybridized carbons (Fsp3) is 0.667. The van der Waals surface area contributed by atoms with E-state index in [0.29, 0.717) is 0 Å². The molecule has 0 heterocycles. The lowest BCUT2D eigenvalue weighted by Crippen LogP contribution is -2.27. The normalized spacial score (nSPS) is 13.4. The van der Waals surface area contributed by atoms with Crippen molar-refractivity contribution in [3.05, 3.63) is 0 Å². The second kappa shape index (κ2) is 2.79. The Labute approximate surface area is 53.5 Å². The lowest BCUT2D eigenvalue weighted by Gasteiger charge is -1.96. The van der Waals surface area contributed by atoms with Crippen molar-refractivity contribution in [1.82, 2.24) is 5.32 Å². The van der Waals surface area contributed by atoms with Gasteiger partial charge in [-0.1, -0.05) is 0 Å². The molecule has 2 N–H and O–H groups in total. The van der Waals surface area contributed by atoms with Crippen LogP contribution in [0.2, 0.25) is 0 Å². The number of aliphatic imine (C=N–C) groups is 1. The van der Waals surface area contributed by atoms with Crippen LogP contribution in [0.1, 0.15) is 0 Å². The molecule has 0 saturated carbocycles. The van der Waals surface area contributed by atoms with Gasteiger partial charge in [-0.3, -0.25) is 9.55 Å². The zero-order valence-corrected chi connectivity index (χ0v) is 5.94. The van der Waals surface area contributed by atoms with Crippen LogP contribution in [0, 0.1) is 0 Å². The molecule has 0 aromatic heterocycles. The van der Waals surface area contributed by atoms with Gasteiger partial charge in [-0.05, 0) is 0 Å². The van der Waals surface area contributed by atoms with Crippen molar-refractivity contribution in [2.24, 2.45) is 4.99 Å². The number of hydrogen-bond acceptors (Lipinski definition) is 3. The minimum Gasteiger partial charge on any atom is -0.362 e. The zero-order valence-electron chi connectivity index (χ0n) is 5.12. The predicted octanol–water partition coefficient (Wildman–Crippen LogP) is -0.921. The van der Waals surface area contributed by atoms with Gasteiger partial charge in [-0.25, -0.2) is 0 Å². The molecule has 0 spiro atoms. The van der Waals surface area contributed by atoms with Crippen LogP contribution >= 0.6 is 0 Å². The first kappa shape index (κ1) is 8.38. The van der Waals surface area contributed by atoms with Gasteiger partial charge in [-0.15, -0.1) is 0 Å². The summed E-state index contributed by atoms with van der Waals surface area (Å²) in [5.41, 5.74) is 0. The fourth-order valence-electron chi connectivity index (χ4n) is 0.356. The predicted molar refractivity (Wildman–Crippen MR) is 34.0 cm³/mol. The first-order chi connectivity index (χ1) is 4.02. The van der Waals surface area contributed by atoms with Crippen LogP contribution in [0.4, 0.5) is 0 Å². The highest BCUT2D eigenvalue weighted by Crippen LogP contribution is 1.81. The van der Waals surface area contributed by atoms with Gasteiger partial charge < -0.3 is 5.32 Å². The molecule has 54 valence electrons. The highest BCUT2D eigenvalue weighted by molar-refractivity contribution is 8.01. The smallest absolute Gasteiger partial charge is 0.327 e. The second-order valence-corrected chi connectivity index (χ2v) is 2.59. The highest BCUT2D eigenvalue weighted by Gasteiger charge is 2.11. The van der Waals surface area contributed by atoms with Gasteiger partial charge in [0.2, 0.25) is 5.17 Å². The second-order valence-electron chi connectivity index (χ2n) is 1.25. The zero-order chi connectivity index (χ0) is 7.49.